The van der Waals surface area contributed by atoms with E-state index in [1.165, 1.54) is 5.56 Å². The van der Waals surface area contributed by atoms with Gasteiger partial charge in [0.05, 0.1) is 13.1 Å². The van der Waals surface area contributed by atoms with Crippen LogP contribution in [0.25, 0.3) is 11.1 Å². The van der Waals surface area contributed by atoms with Crippen molar-refractivity contribution in [2.75, 3.05) is 39.3 Å². The monoisotopic (exact) mass is 524 g/mol. The molecule has 0 atom stereocenters. The summed E-state index contributed by atoms with van der Waals surface area (Å²) in [4.78, 5) is 34.9. The van der Waals surface area contributed by atoms with Gasteiger partial charge in [0, 0.05) is 44.5 Å². The number of piperazine rings is 1. The predicted octanol–water partition coefficient (Wildman–Crippen LogP) is 4.80. The summed E-state index contributed by atoms with van der Waals surface area (Å²) < 4.78 is 17.1. The molecule has 0 N–H and O–H groups in total. The Kier molecular flexibility index (Phi) is 8.16. The molecule has 1 aromatic heterocycles. The zero-order valence-electron chi connectivity index (χ0n) is 23.4. The van der Waals surface area contributed by atoms with Crippen molar-refractivity contribution in [3.63, 3.8) is 0 Å². The van der Waals surface area contributed by atoms with E-state index < -0.39 is 11.2 Å². The molecule has 2 saturated heterocycles. The SMILES string of the molecule is CC(C)(C)OC(=O)N1CCN(Cc2cccc(-c3cccnc3OC3CN(C(=O)OC(C)(C)C)C3)c2)CC1. The molecule has 38 heavy (non-hydrogen) atoms. The van der Waals surface area contributed by atoms with Gasteiger partial charge in [0.25, 0.3) is 0 Å². The molecule has 2 aliphatic heterocycles. The first-order valence-electron chi connectivity index (χ1n) is 13.3. The number of rotatable bonds is 5. The van der Waals surface area contributed by atoms with Crippen LogP contribution in [-0.4, -0.2) is 88.4 Å². The molecule has 2 fully saturated rings. The number of amides is 2. The Morgan fingerprint density at radius 2 is 1.50 bits per heavy atom. The number of pyridine rings is 1. The summed E-state index contributed by atoms with van der Waals surface area (Å²) >= 11 is 0. The zero-order chi connectivity index (χ0) is 27.5. The van der Waals surface area contributed by atoms with Gasteiger partial charge in [0.1, 0.15) is 17.3 Å². The molecule has 0 saturated carbocycles. The van der Waals surface area contributed by atoms with Crippen LogP contribution in [0.1, 0.15) is 47.1 Å². The van der Waals surface area contributed by atoms with Crippen molar-refractivity contribution in [2.45, 2.75) is 65.4 Å². The maximum Gasteiger partial charge on any atom is 0.410 e. The van der Waals surface area contributed by atoms with E-state index in [0.717, 1.165) is 30.8 Å². The van der Waals surface area contributed by atoms with Crippen molar-refractivity contribution in [1.29, 1.82) is 0 Å². The van der Waals surface area contributed by atoms with Gasteiger partial charge in [-0.2, -0.15) is 0 Å². The largest absolute Gasteiger partial charge is 0.470 e. The fourth-order valence-electron chi connectivity index (χ4n) is 4.36. The van der Waals surface area contributed by atoms with Crippen molar-refractivity contribution < 1.29 is 23.8 Å². The van der Waals surface area contributed by atoms with Crippen LogP contribution in [0.3, 0.4) is 0 Å². The molecule has 3 heterocycles. The lowest BCUT2D eigenvalue weighted by atomic mass is 10.0. The average molecular weight is 525 g/mol. The van der Waals surface area contributed by atoms with E-state index in [2.05, 4.69) is 28.1 Å². The van der Waals surface area contributed by atoms with E-state index >= 15 is 0 Å². The quantitative estimate of drug-likeness (QED) is 0.556. The summed E-state index contributed by atoms with van der Waals surface area (Å²) in [5.74, 6) is 0.560. The lowest BCUT2D eigenvalue weighted by molar-refractivity contribution is -0.0230. The first kappa shape index (κ1) is 27.7. The molecule has 2 amide bonds. The lowest BCUT2D eigenvalue weighted by Crippen LogP contribution is -2.57. The lowest BCUT2D eigenvalue weighted by Gasteiger charge is -2.39. The number of ether oxygens (including phenoxy) is 3. The minimum atomic E-state index is -0.520. The molecule has 0 bridgehead atoms. The van der Waals surface area contributed by atoms with Crippen LogP contribution in [0.5, 0.6) is 5.88 Å². The van der Waals surface area contributed by atoms with Gasteiger partial charge in [-0.15, -0.1) is 0 Å². The van der Waals surface area contributed by atoms with Gasteiger partial charge in [-0.05, 0) is 70.9 Å². The van der Waals surface area contributed by atoms with E-state index in [1.807, 2.05) is 59.7 Å². The molecule has 2 aliphatic rings. The second-order valence-electron chi connectivity index (χ2n) is 11.9. The smallest absolute Gasteiger partial charge is 0.410 e. The first-order valence-corrected chi connectivity index (χ1v) is 13.3. The Hall–Kier alpha value is -3.33. The summed E-state index contributed by atoms with van der Waals surface area (Å²) in [5.41, 5.74) is 2.12. The highest BCUT2D eigenvalue weighted by molar-refractivity contribution is 5.70. The van der Waals surface area contributed by atoms with Gasteiger partial charge in [0.15, 0.2) is 0 Å². The first-order chi connectivity index (χ1) is 17.9. The molecule has 4 rings (SSSR count). The van der Waals surface area contributed by atoms with Gasteiger partial charge >= 0.3 is 12.2 Å². The highest BCUT2D eigenvalue weighted by Crippen LogP contribution is 2.31. The van der Waals surface area contributed by atoms with Crippen LogP contribution in [0.2, 0.25) is 0 Å². The van der Waals surface area contributed by atoms with Crippen LogP contribution < -0.4 is 4.74 Å². The Morgan fingerprint density at radius 1 is 0.868 bits per heavy atom. The van der Waals surface area contributed by atoms with Crippen LogP contribution in [0.15, 0.2) is 42.6 Å². The molecule has 9 nitrogen and oxygen atoms in total. The summed E-state index contributed by atoms with van der Waals surface area (Å²) in [6.45, 7) is 15.9. The Morgan fingerprint density at radius 3 is 2.13 bits per heavy atom. The Bertz CT molecular complexity index is 1130. The molecule has 9 heteroatoms. The van der Waals surface area contributed by atoms with Gasteiger partial charge in [-0.1, -0.05) is 18.2 Å². The normalized spacial score (nSPS) is 17.1. The minimum absolute atomic E-state index is 0.124. The predicted molar refractivity (Wildman–Crippen MR) is 145 cm³/mol. The van der Waals surface area contributed by atoms with Crippen LogP contribution in [0.4, 0.5) is 9.59 Å². The molecule has 2 aromatic rings. The van der Waals surface area contributed by atoms with Gasteiger partial charge < -0.3 is 24.0 Å². The fourth-order valence-corrected chi connectivity index (χ4v) is 4.36. The van der Waals surface area contributed by atoms with Gasteiger partial charge in [-0.3, -0.25) is 4.90 Å². The van der Waals surface area contributed by atoms with Crippen molar-refractivity contribution in [1.82, 2.24) is 19.7 Å². The van der Waals surface area contributed by atoms with E-state index in [-0.39, 0.29) is 18.3 Å². The maximum absolute atomic E-state index is 12.4. The van der Waals surface area contributed by atoms with Crippen molar-refractivity contribution >= 4 is 12.2 Å². The molecule has 0 unspecified atom stereocenters. The Balaban J connectivity index is 1.33. The highest BCUT2D eigenvalue weighted by atomic mass is 16.6. The number of hydrogen-bond acceptors (Lipinski definition) is 7. The summed E-state index contributed by atoms with van der Waals surface area (Å²) in [6.07, 6.45) is 1.03. The maximum atomic E-state index is 12.4. The number of benzene rings is 1. The summed E-state index contributed by atoms with van der Waals surface area (Å²) in [6, 6.07) is 12.3. The standard InChI is InChI=1S/C29H40N4O5/c1-28(2,3)37-26(34)32-15-13-31(14-16-32)18-21-9-7-10-22(17-21)24-11-8-12-30-25(24)36-23-19-33(20-23)27(35)38-29(4,5)6/h7-12,17,23H,13-16,18-20H2,1-6H3. The average Bonchev–Trinajstić information content (AvgIpc) is 2.80. The topological polar surface area (TPSA) is 84.4 Å². The zero-order valence-corrected chi connectivity index (χ0v) is 23.4. The second kappa shape index (κ2) is 11.2. The molecule has 1 aromatic carbocycles. The Labute approximate surface area is 225 Å². The number of nitrogens with zero attached hydrogens (tertiary/aromatic N) is 4. The van der Waals surface area contributed by atoms with Crippen LogP contribution >= 0.6 is 0 Å². The third kappa shape index (κ3) is 7.60. The van der Waals surface area contributed by atoms with Gasteiger partial charge in [-0.25, -0.2) is 14.6 Å². The number of carbonyl (C=O) groups is 2. The van der Waals surface area contributed by atoms with Gasteiger partial charge in [0.2, 0.25) is 5.88 Å². The van der Waals surface area contributed by atoms with Crippen molar-refractivity contribution in [2.24, 2.45) is 0 Å². The number of carbonyl (C=O) groups excluding carboxylic acids is 2. The van der Waals surface area contributed by atoms with E-state index in [4.69, 9.17) is 14.2 Å². The minimum Gasteiger partial charge on any atom is -0.470 e. The summed E-state index contributed by atoms with van der Waals surface area (Å²) in [7, 11) is 0. The van der Waals surface area contributed by atoms with Crippen molar-refractivity contribution in [3.8, 4) is 17.0 Å². The number of hydrogen-bond donors (Lipinski definition) is 0. The molecule has 0 spiro atoms. The number of aromatic nitrogens is 1. The molecule has 0 aliphatic carbocycles. The van der Waals surface area contributed by atoms with E-state index in [9.17, 15) is 9.59 Å². The fraction of sp³-hybridized carbons (Fsp3) is 0.552. The highest BCUT2D eigenvalue weighted by Gasteiger charge is 2.35. The van der Waals surface area contributed by atoms with E-state index in [0.29, 0.717) is 32.1 Å². The molecule has 0 radical (unpaired) electrons. The third-order valence-corrected chi connectivity index (χ3v) is 6.22. The third-order valence-electron chi connectivity index (χ3n) is 6.22. The molecule has 206 valence electrons. The van der Waals surface area contributed by atoms with Crippen LogP contribution in [0, 0.1) is 0 Å². The summed E-state index contributed by atoms with van der Waals surface area (Å²) in [5, 5.41) is 0. The second-order valence-corrected chi connectivity index (χ2v) is 11.9. The van der Waals surface area contributed by atoms with E-state index in [1.54, 1.807) is 16.0 Å². The molecular formula is C29H40N4O5. The number of likely N-dealkylation sites (tertiary alicyclic amines) is 1. The van der Waals surface area contributed by atoms with Crippen molar-refractivity contribution in [3.05, 3.63) is 48.2 Å². The van der Waals surface area contributed by atoms with Crippen LogP contribution in [-0.2, 0) is 16.0 Å². The molecular weight excluding hydrogens is 484 g/mol.